The first-order chi connectivity index (χ1) is 19.1. The summed E-state index contributed by atoms with van der Waals surface area (Å²) in [5, 5.41) is 3.83. The lowest BCUT2D eigenvalue weighted by Gasteiger charge is -2.16. The van der Waals surface area contributed by atoms with Gasteiger partial charge in [0.1, 0.15) is 12.5 Å². The lowest BCUT2D eigenvalue weighted by molar-refractivity contribution is 0.388. The summed E-state index contributed by atoms with van der Waals surface area (Å²) >= 11 is 0. The number of unbranched alkanes of at least 4 members (excludes halogenated alkanes) is 1. The van der Waals surface area contributed by atoms with Gasteiger partial charge >= 0.3 is 5.76 Å². The van der Waals surface area contributed by atoms with Crippen LogP contribution in [0.2, 0.25) is 0 Å². The SMILES string of the molecule is CCCCc1nc(CF)n(Cc2ccccc2)c(=O)c1Cc1ccc(-c2ccccc2-c2noc(=O)[nH]2)cc1.Cl. The van der Waals surface area contributed by atoms with E-state index in [1.165, 1.54) is 4.57 Å². The van der Waals surface area contributed by atoms with Crippen LogP contribution < -0.4 is 11.3 Å². The van der Waals surface area contributed by atoms with E-state index >= 15 is 0 Å². The van der Waals surface area contributed by atoms with Crippen LogP contribution in [0, 0.1) is 0 Å². The molecule has 0 radical (unpaired) electrons. The Hall–Kier alpha value is -4.30. The molecule has 3 aromatic carbocycles. The standard InChI is InChI=1S/C31H29FN4O3.ClH/c1-2-3-13-27-26(30(37)36(28(19-32)33-27)20-22-9-5-4-6-10-22)18-21-14-16-23(17-15-21)24-11-7-8-12-25(24)29-34-31(38)39-35-29;/h4-12,14-17H,2-3,13,18-20H2,1H3,(H,34,35,38);1H. The minimum absolute atomic E-state index is 0. The Morgan fingerprint density at radius 3 is 2.25 bits per heavy atom. The normalized spacial score (nSPS) is 10.8. The molecule has 40 heavy (non-hydrogen) atoms. The van der Waals surface area contributed by atoms with Gasteiger partial charge in [-0.3, -0.25) is 18.9 Å². The van der Waals surface area contributed by atoms with Gasteiger partial charge in [0, 0.05) is 17.5 Å². The minimum Gasteiger partial charge on any atom is -0.296 e. The predicted molar refractivity (Wildman–Crippen MR) is 156 cm³/mol. The largest absolute Gasteiger partial charge is 0.439 e. The zero-order valence-electron chi connectivity index (χ0n) is 22.1. The first-order valence-corrected chi connectivity index (χ1v) is 13.0. The van der Waals surface area contributed by atoms with Crippen molar-refractivity contribution in [2.24, 2.45) is 0 Å². The lowest BCUT2D eigenvalue weighted by atomic mass is 9.96. The van der Waals surface area contributed by atoms with Crippen molar-refractivity contribution < 1.29 is 8.91 Å². The average Bonchev–Trinajstić information content (AvgIpc) is 3.41. The van der Waals surface area contributed by atoms with Gasteiger partial charge in [0.05, 0.1) is 12.2 Å². The van der Waals surface area contributed by atoms with Crippen LogP contribution in [0.5, 0.6) is 0 Å². The molecule has 5 aromatic rings. The number of nitrogens with one attached hydrogen (secondary N) is 1. The predicted octanol–water partition coefficient (Wildman–Crippen LogP) is 6.13. The van der Waals surface area contributed by atoms with Crippen molar-refractivity contribution in [1.82, 2.24) is 19.7 Å². The monoisotopic (exact) mass is 560 g/mol. The number of aromatic amines is 1. The molecule has 5 rings (SSSR count). The number of aryl methyl sites for hydroxylation is 1. The Kier molecular flexibility index (Phi) is 9.45. The molecule has 0 spiro atoms. The Bertz CT molecular complexity index is 1680. The summed E-state index contributed by atoms with van der Waals surface area (Å²) in [4.78, 5) is 32.5. The maximum atomic E-state index is 14.0. The van der Waals surface area contributed by atoms with E-state index in [4.69, 9.17) is 0 Å². The highest BCUT2D eigenvalue weighted by atomic mass is 35.5. The van der Waals surface area contributed by atoms with Crippen molar-refractivity contribution >= 4 is 12.4 Å². The summed E-state index contributed by atoms with van der Waals surface area (Å²) in [5.74, 6) is -0.0888. The quantitative estimate of drug-likeness (QED) is 0.222. The number of hydrogen-bond donors (Lipinski definition) is 1. The topological polar surface area (TPSA) is 93.8 Å². The number of rotatable bonds is 10. The number of hydrogen-bond acceptors (Lipinski definition) is 5. The van der Waals surface area contributed by atoms with Gasteiger partial charge in [0.25, 0.3) is 5.56 Å². The minimum atomic E-state index is -0.799. The van der Waals surface area contributed by atoms with E-state index in [1.807, 2.05) is 78.9 Å². The summed E-state index contributed by atoms with van der Waals surface area (Å²) < 4.78 is 20.2. The van der Waals surface area contributed by atoms with Crippen molar-refractivity contribution in [3.8, 4) is 22.5 Å². The number of H-pyrrole nitrogens is 1. The molecule has 0 amide bonds. The highest BCUT2D eigenvalue weighted by molar-refractivity contribution is 5.85. The Balaban J connectivity index is 0.00000370. The molecule has 7 nitrogen and oxygen atoms in total. The van der Waals surface area contributed by atoms with Gasteiger partial charge in [-0.25, -0.2) is 14.2 Å². The number of aromatic nitrogens is 4. The first-order valence-electron chi connectivity index (χ1n) is 13.0. The fourth-order valence-electron chi connectivity index (χ4n) is 4.74. The molecule has 0 aliphatic rings. The number of benzene rings is 3. The maximum absolute atomic E-state index is 14.0. The van der Waals surface area contributed by atoms with Crippen LogP contribution in [-0.2, 0) is 26.1 Å². The van der Waals surface area contributed by atoms with Crippen molar-refractivity contribution in [2.45, 2.75) is 45.8 Å². The summed E-state index contributed by atoms with van der Waals surface area (Å²) in [7, 11) is 0. The third-order valence-electron chi connectivity index (χ3n) is 6.77. The van der Waals surface area contributed by atoms with E-state index in [1.54, 1.807) is 0 Å². The second-order valence-electron chi connectivity index (χ2n) is 9.43. The second-order valence-corrected chi connectivity index (χ2v) is 9.43. The van der Waals surface area contributed by atoms with Gasteiger partial charge in [-0.05, 0) is 35.1 Å². The maximum Gasteiger partial charge on any atom is 0.439 e. The highest BCUT2D eigenvalue weighted by Gasteiger charge is 2.18. The zero-order valence-corrected chi connectivity index (χ0v) is 22.9. The van der Waals surface area contributed by atoms with Crippen molar-refractivity contribution in [1.29, 1.82) is 0 Å². The zero-order chi connectivity index (χ0) is 27.2. The molecule has 0 aliphatic heterocycles. The average molecular weight is 561 g/mol. The molecule has 0 bridgehead atoms. The van der Waals surface area contributed by atoms with Gasteiger partial charge in [0.2, 0.25) is 0 Å². The Labute approximate surface area is 237 Å². The molecule has 0 saturated heterocycles. The molecule has 0 atom stereocenters. The Morgan fingerprint density at radius 2 is 1.60 bits per heavy atom. The van der Waals surface area contributed by atoms with Gasteiger partial charge < -0.3 is 0 Å². The molecule has 0 saturated carbocycles. The van der Waals surface area contributed by atoms with Crippen LogP contribution in [-0.4, -0.2) is 19.7 Å². The molecule has 206 valence electrons. The molecular formula is C31H30ClFN4O3. The van der Waals surface area contributed by atoms with E-state index < -0.39 is 12.4 Å². The summed E-state index contributed by atoms with van der Waals surface area (Å²) in [6, 6.07) is 25.1. The summed E-state index contributed by atoms with van der Waals surface area (Å²) in [6.45, 7) is 1.55. The number of nitrogens with zero attached hydrogens (tertiary/aromatic N) is 3. The van der Waals surface area contributed by atoms with Gasteiger partial charge in [0.15, 0.2) is 5.82 Å². The van der Waals surface area contributed by atoms with E-state index in [2.05, 4.69) is 26.6 Å². The third kappa shape index (κ3) is 6.29. The second kappa shape index (κ2) is 13.2. The van der Waals surface area contributed by atoms with Crippen LogP contribution >= 0.6 is 12.4 Å². The fourth-order valence-corrected chi connectivity index (χ4v) is 4.74. The summed E-state index contributed by atoms with van der Waals surface area (Å²) in [5.41, 5.74) is 5.49. The van der Waals surface area contributed by atoms with Crippen molar-refractivity contribution in [3.05, 3.63) is 128 Å². The molecule has 0 fully saturated rings. The molecule has 1 N–H and O–H groups in total. The van der Waals surface area contributed by atoms with E-state index in [-0.39, 0.29) is 30.3 Å². The van der Waals surface area contributed by atoms with Crippen molar-refractivity contribution in [2.75, 3.05) is 0 Å². The van der Waals surface area contributed by atoms with E-state index in [0.29, 0.717) is 29.9 Å². The molecule has 0 unspecified atom stereocenters. The number of halogens is 2. The lowest BCUT2D eigenvalue weighted by Crippen LogP contribution is -2.30. The highest BCUT2D eigenvalue weighted by Crippen LogP contribution is 2.30. The van der Waals surface area contributed by atoms with Crippen molar-refractivity contribution in [3.63, 3.8) is 0 Å². The Morgan fingerprint density at radius 1 is 0.900 bits per heavy atom. The number of alkyl halides is 1. The molecule has 2 heterocycles. The molecule has 9 heteroatoms. The van der Waals surface area contributed by atoms with Crippen LogP contribution in [0.4, 0.5) is 4.39 Å². The van der Waals surface area contributed by atoms with Gasteiger partial charge in [-0.2, -0.15) is 0 Å². The van der Waals surface area contributed by atoms with Gasteiger partial charge in [-0.1, -0.05) is 97.4 Å². The molecule has 0 aliphatic carbocycles. The fraction of sp³-hybridized carbons (Fsp3) is 0.226. The smallest absolute Gasteiger partial charge is 0.296 e. The molecular weight excluding hydrogens is 531 g/mol. The van der Waals surface area contributed by atoms with Crippen LogP contribution in [0.1, 0.15) is 48.0 Å². The van der Waals surface area contributed by atoms with Crippen LogP contribution in [0.25, 0.3) is 22.5 Å². The third-order valence-corrected chi connectivity index (χ3v) is 6.77. The van der Waals surface area contributed by atoms with Crippen LogP contribution in [0.15, 0.2) is 93.0 Å². The molecule has 2 aromatic heterocycles. The van der Waals surface area contributed by atoms with E-state index in [0.717, 1.165) is 40.7 Å². The first kappa shape index (κ1) is 28.7. The van der Waals surface area contributed by atoms with Gasteiger partial charge in [-0.15, -0.1) is 12.4 Å². The van der Waals surface area contributed by atoms with E-state index in [9.17, 15) is 14.0 Å². The van der Waals surface area contributed by atoms with Crippen LogP contribution in [0.3, 0.4) is 0 Å². The summed E-state index contributed by atoms with van der Waals surface area (Å²) in [6.07, 6.45) is 2.84.